The van der Waals surface area contributed by atoms with E-state index in [0.717, 1.165) is 17.3 Å². The van der Waals surface area contributed by atoms with Crippen LogP contribution in [0.2, 0.25) is 15.1 Å². The first kappa shape index (κ1) is 24.5. The summed E-state index contributed by atoms with van der Waals surface area (Å²) in [6.07, 6.45) is 1.66. The van der Waals surface area contributed by atoms with Crippen molar-refractivity contribution in [2.24, 2.45) is 0 Å². The van der Waals surface area contributed by atoms with Gasteiger partial charge in [-0.25, -0.2) is 0 Å². The van der Waals surface area contributed by atoms with Crippen molar-refractivity contribution < 1.29 is 19.1 Å². The van der Waals surface area contributed by atoms with Crippen LogP contribution in [0.25, 0.3) is 6.08 Å². The number of hydrogen-bond acceptors (Lipinski definition) is 5. The molecule has 0 bridgehead atoms. The lowest BCUT2D eigenvalue weighted by atomic mass is 10.1. The lowest BCUT2D eigenvalue weighted by Crippen LogP contribution is -2.27. The first-order valence-electron chi connectivity index (χ1n) is 10.1. The fraction of sp³-hybridized carbons (Fsp3) is 0.120. The molecule has 174 valence electrons. The lowest BCUT2D eigenvalue weighted by Gasteiger charge is -2.13. The monoisotopic (exact) mass is 533 g/mol. The zero-order valence-corrected chi connectivity index (χ0v) is 21.0. The number of rotatable bonds is 7. The van der Waals surface area contributed by atoms with Gasteiger partial charge < -0.3 is 9.47 Å². The normalized spacial score (nSPS) is 14.7. The van der Waals surface area contributed by atoms with Crippen LogP contribution in [0, 0.1) is 0 Å². The predicted octanol–water partition coefficient (Wildman–Crippen LogP) is 7.47. The maximum atomic E-state index is 12.8. The van der Waals surface area contributed by atoms with E-state index in [1.165, 1.54) is 12.0 Å². The van der Waals surface area contributed by atoms with E-state index >= 15 is 0 Å². The summed E-state index contributed by atoms with van der Waals surface area (Å²) < 4.78 is 11.3. The van der Waals surface area contributed by atoms with Crippen LogP contribution in [-0.2, 0) is 17.9 Å². The largest absolute Gasteiger partial charge is 0.493 e. The van der Waals surface area contributed by atoms with Gasteiger partial charge in [0.1, 0.15) is 6.61 Å². The molecule has 1 aliphatic rings. The highest BCUT2D eigenvalue weighted by Gasteiger charge is 2.35. The van der Waals surface area contributed by atoms with Crippen molar-refractivity contribution in [1.82, 2.24) is 4.90 Å². The summed E-state index contributed by atoms with van der Waals surface area (Å²) in [6.45, 7) is 0.345. The van der Waals surface area contributed by atoms with E-state index in [2.05, 4.69) is 0 Å². The number of hydrogen-bond donors (Lipinski definition) is 0. The number of ether oxygens (including phenoxy) is 2. The molecule has 0 atom stereocenters. The van der Waals surface area contributed by atoms with E-state index in [0.29, 0.717) is 42.6 Å². The maximum absolute atomic E-state index is 12.8. The van der Waals surface area contributed by atoms with E-state index in [-0.39, 0.29) is 24.3 Å². The van der Waals surface area contributed by atoms with Crippen LogP contribution in [-0.4, -0.2) is 23.2 Å². The Balaban J connectivity index is 1.50. The Hall–Kier alpha value is -2.64. The van der Waals surface area contributed by atoms with Crippen molar-refractivity contribution in [1.29, 1.82) is 0 Å². The van der Waals surface area contributed by atoms with Crippen molar-refractivity contribution >= 4 is 63.8 Å². The van der Waals surface area contributed by atoms with E-state index in [1.54, 1.807) is 66.7 Å². The number of imide groups is 1. The van der Waals surface area contributed by atoms with Crippen LogP contribution in [0.3, 0.4) is 0 Å². The molecule has 0 saturated carbocycles. The standard InChI is InChI=1S/C25H18Cl3NO4S/c1-32-22-11-16(7-10-21(22)33-14-18-19(27)3-2-4-20(18)28)12-23-24(30)29(25(31)34-23)13-15-5-8-17(26)9-6-15/h2-12H,13-14H2,1H3/b23-12-. The number of carbonyl (C=O) groups is 2. The number of halogens is 3. The van der Waals surface area contributed by atoms with Gasteiger partial charge in [0.2, 0.25) is 0 Å². The molecule has 34 heavy (non-hydrogen) atoms. The van der Waals surface area contributed by atoms with E-state index in [4.69, 9.17) is 44.3 Å². The summed E-state index contributed by atoms with van der Waals surface area (Å²) >= 11 is 19.2. The van der Waals surface area contributed by atoms with Crippen molar-refractivity contribution in [2.75, 3.05) is 7.11 Å². The van der Waals surface area contributed by atoms with Gasteiger partial charge in [-0.3, -0.25) is 14.5 Å². The molecular weight excluding hydrogens is 517 g/mol. The third-order valence-electron chi connectivity index (χ3n) is 5.05. The second-order valence-electron chi connectivity index (χ2n) is 7.29. The highest BCUT2D eigenvalue weighted by atomic mass is 35.5. The Labute approximate surface area is 216 Å². The number of nitrogens with zero attached hydrogens (tertiary/aromatic N) is 1. The molecule has 4 rings (SSSR count). The number of benzene rings is 3. The average molecular weight is 535 g/mol. The Morgan fingerprint density at radius 2 is 1.65 bits per heavy atom. The van der Waals surface area contributed by atoms with Gasteiger partial charge in [0.25, 0.3) is 11.1 Å². The molecule has 0 spiro atoms. The highest BCUT2D eigenvalue weighted by molar-refractivity contribution is 8.18. The van der Waals surface area contributed by atoms with Crippen molar-refractivity contribution in [3.8, 4) is 11.5 Å². The van der Waals surface area contributed by atoms with Gasteiger partial charge in [0, 0.05) is 20.6 Å². The van der Waals surface area contributed by atoms with Gasteiger partial charge in [0.15, 0.2) is 11.5 Å². The molecule has 1 saturated heterocycles. The van der Waals surface area contributed by atoms with Crippen LogP contribution < -0.4 is 9.47 Å². The molecule has 1 fully saturated rings. The molecular formula is C25H18Cl3NO4S. The molecule has 1 aliphatic heterocycles. The zero-order valence-electron chi connectivity index (χ0n) is 17.9. The summed E-state index contributed by atoms with van der Waals surface area (Å²) in [6, 6.07) is 17.5. The van der Waals surface area contributed by atoms with Gasteiger partial charge in [0.05, 0.1) is 18.6 Å². The fourth-order valence-electron chi connectivity index (χ4n) is 3.27. The Bertz CT molecular complexity index is 1260. The Morgan fingerprint density at radius 1 is 0.941 bits per heavy atom. The molecule has 1 heterocycles. The van der Waals surface area contributed by atoms with Crippen molar-refractivity contribution in [3.63, 3.8) is 0 Å². The minimum Gasteiger partial charge on any atom is -0.493 e. The molecule has 2 amide bonds. The predicted molar refractivity (Wildman–Crippen MR) is 137 cm³/mol. The van der Waals surface area contributed by atoms with E-state index in [9.17, 15) is 9.59 Å². The second-order valence-corrected chi connectivity index (χ2v) is 9.54. The number of carbonyl (C=O) groups excluding carboxylic acids is 2. The molecule has 0 radical (unpaired) electrons. The Kier molecular flexibility index (Phi) is 7.73. The molecule has 9 heteroatoms. The van der Waals surface area contributed by atoms with Crippen LogP contribution in [0.4, 0.5) is 4.79 Å². The molecule has 3 aromatic carbocycles. The van der Waals surface area contributed by atoms with Crippen molar-refractivity contribution in [2.45, 2.75) is 13.2 Å². The average Bonchev–Trinajstić information content (AvgIpc) is 3.08. The van der Waals surface area contributed by atoms with Gasteiger partial charge in [-0.15, -0.1) is 0 Å². The molecule has 3 aromatic rings. The third-order valence-corrected chi connectivity index (χ3v) is 6.91. The molecule has 5 nitrogen and oxygen atoms in total. The summed E-state index contributed by atoms with van der Waals surface area (Å²) in [5.41, 5.74) is 2.18. The van der Waals surface area contributed by atoms with Gasteiger partial charge in [-0.05, 0) is 65.4 Å². The number of thioether (sulfide) groups is 1. The zero-order chi connectivity index (χ0) is 24.2. The Morgan fingerprint density at radius 3 is 2.32 bits per heavy atom. The molecule has 0 aromatic heterocycles. The van der Waals surface area contributed by atoms with E-state index in [1.807, 2.05) is 0 Å². The van der Waals surface area contributed by atoms with Crippen molar-refractivity contribution in [3.05, 3.63) is 97.3 Å². The van der Waals surface area contributed by atoms with Crippen LogP contribution >= 0.6 is 46.6 Å². The molecule has 0 aliphatic carbocycles. The summed E-state index contributed by atoms with van der Waals surface area (Å²) in [7, 11) is 1.52. The topological polar surface area (TPSA) is 55.8 Å². The van der Waals surface area contributed by atoms with Gasteiger partial charge >= 0.3 is 0 Å². The lowest BCUT2D eigenvalue weighted by molar-refractivity contribution is -0.123. The highest BCUT2D eigenvalue weighted by Crippen LogP contribution is 2.36. The minimum absolute atomic E-state index is 0.164. The quantitative estimate of drug-likeness (QED) is 0.294. The number of amides is 2. The summed E-state index contributed by atoms with van der Waals surface area (Å²) in [4.78, 5) is 26.8. The summed E-state index contributed by atoms with van der Waals surface area (Å²) in [5, 5.41) is 1.29. The van der Waals surface area contributed by atoms with Gasteiger partial charge in [-0.2, -0.15) is 0 Å². The fourth-order valence-corrected chi connectivity index (χ4v) is 4.74. The first-order chi connectivity index (χ1) is 16.4. The SMILES string of the molecule is COc1cc(/C=C2\SC(=O)N(Cc3ccc(Cl)cc3)C2=O)ccc1OCc1c(Cl)cccc1Cl. The van der Waals surface area contributed by atoms with Gasteiger partial charge in [-0.1, -0.05) is 59.1 Å². The van der Waals surface area contributed by atoms with Crippen LogP contribution in [0.1, 0.15) is 16.7 Å². The van der Waals surface area contributed by atoms with E-state index < -0.39 is 0 Å². The smallest absolute Gasteiger partial charge is 0.293 e. The minimum atomic E-state index is -0.349. The van der Waals surface area contributed by atoms with Crippen LogP contribution in [0.15, 0.2) is 65.6 Å². The maximum Gasteiger partial charge on any atom is 0.293 e. The summed E-state index contributed by atoms with van der Waals surface area (Å²) in [5.74, 6) is 0.612. The molecule has 0 N–H and O–H groups in total. The molecule has 0 unspecified atom stereocenters. The first-order valence-corrected chi connectivity index (χ1v) is 12.0. The number of methoxy groups -OCH3 is 1. The third kappa shape index (κ3) is 5.53. The second kappa shape index (κ2) is 10.7. The van der Waals surface area contributed by atoms with Crippen LogP contribution in [0.5, 0.6) is 11.5 Å².